The van der Waals surface area contributed by atoms with Crippen molar-refractivity contribution >= 4 is 23.4 Å². The fraction of sp³-hybridized carbons (Fsp3) is 0.526. The second-order valence-electron chi connectivity index (χ2n) is 6.83. The van der Waals surface area contributed by atoms with Crippen molar-refractivity contribution in [3.05, 3.63) is 29.8 Å². The molecule has 3 rings (SSSR count). The molecular weight excluding hydrogens is 332 g/mol. The Morgan fingerprint density at radius 1 is 1.31 bits per heavy atom. The quantitative estimate of drug-likeness (QED) is 0.711. The first kappa shape index (κ1) is 18.4. The van der Waals surface area contributed by atoms with E-state index >= 15 is 0 Å². The summed E-state index contributed by atoms with van der Waals surface area (Å²) in [6.45, 7) is 4.86. The fourth-order valence-corrected chi connectivity index (χ4v) is 3.65. The Bertz CT molecular complexity index is 691. The molecule has 1 fully saturated rings. The van der Waals surface area contributed by atoms with Crippen molar-refractivity contribution < 1.29 is 14.4 Å². The van der Waals surface area contributed by atoms with Gasteiger partial charge in [0.05, 0.1) is 11.3 Å². The van der Waals surface area contributed by atoms with E-state index in [2.05, 4.69) is 27.8 Å². The maximum atomic E-state index is 12.3. The second kappa shape index (κ2) is 8.31. The molecule has 2 aliphatic heterocycles. The van der Waals surface area contributed by atoms with Gasteiger partial charge in [0.1, 0.15) is 6.04 Å². The van der Waals surface area contributed by atoms with Gasteiger partial charge in [-0.2, -0.15) is 0 Å². The Hall–Kier alpha value is -2.41. The van der Waals surface area contributed by atoms with Crippen molar-refractivity contribution in [1.29, 1.82) is 0 Å². The van der Waals surface area contributed by atoms with Crippen molar-refractivity contribution in [3.8, 4) is 0 Å². The predicted octanol–water partition coefficient (Wildman–Crippen LogP) is 1.12. The normalized spacial score (nSPS) is 23.0. The van der Waals surface area contributed by atoms with Crippen molar-refractivity contribution in [2.24, 2.45) is 0 Å². The maximum absolute atomic E-state index is 12.3. The summed E-state index contributed by atoms with van der Waals surface area (Å²) >= 11 is 0. The minimum Gasteiger partial charge on any atom is -0.355 e. The number of nitrogens with one attached hydrogen (secondary N) is 3. The molecule has 0 radical (unpaired) electrons. The zero-order valence-electron chi connectivity index (χ0n) is 15.1. The molecule has 26 heavy (non-hydrogen) atoms. The lowest BCUT2D eigenvalue weighted by Gasteiger charge is -2.23. The van der Waals surface area contributed by atoms with Crippen LogP contribution >= 0.6 is 0 Å². The topological polar surface area (TPSA) is 90.5 Å². The zero-order valence-corrected chi connectivity index (χ0v) is 15.1. The highest BCUT2D eigenvalue weighted by molar-refractivity contribution is 6.09. The molecule has 0 aromatic heterocycles. The summed E-state index contributed by atoms with van der Waals surface area (Å²) < 4.78 is 0. The molecule has 3 N–H and O–H groups in total. The second-order valence-corrected chi connectivity index (χ2v) is 6.83. The van der Waals surface area contributed by atoms with E-state index in [1.807, 2.05) is 0 Å². The lowest BCUT2D eigenvalue weighted by Crippen LogP contribution is -2.43. The molecule has 7 nitrogen and oxygen atoms in total. The van der Waals surface area contributed by atoms with Gasteiger partial charge < -0.3 is 16.0 Å². The third kappa shape index (κ3) is 4.22. The summed E-state index contributed by atoms with van der Waals surface area (Å²) in [7, 11) is 0. The molecule has 140 valence electrons. The van der Waals surface area contributed by atoms with Crippen LogP contribution in [0.4, 0.5) is 5.69 Å². The average molecular weight is 358 g/mol. The van der Waals surface area contributed by atoms with E-state index in [0.717, 1.165) is 19.5 Å². The number of likely N-dealkylation sites (N-methyl/N-ethyl adjacent to an activating group) is 1. The highest BCUT2D eigenvalue weighted by atomic mass is 16.2. The molecule has 7 heteroatoms. The molecule has 0 saturated carbocycles. The highest BCUT2D eigenvalue weighted by Crippen LogP contribution is 2.19. The number of para-hydroxylation sites is 1. The Kier molecular flexibility index (Phi) is 5.88. The standard InChI is InChI=1S/C19H26N4O3/c1-2-23-11-5-6-13(23)12-20-17(24)10-9-16-19(26)21-15-8-4-3-7-14(15)18(25)22-16/h3-4,7-8,13,16H,2,5-6,9-12H2,1H3,(H,20,24)(H,21,26)(H,22,25)/t13-,16-/m1/s1. The largest absolute Gasteiger partial charge is 0.355 e. The summed E-state index contributed by atoms with van der Waals surface area (Å²) in [5.41, 5.74) is 0.941. The number of rotatable bonds is 6. The SMILES string of the molecule is CCN1CCC[C@@H]1CNC(=O)CC[C@H]1NC(=O)c2ccccc2NC1=O. The summed E-state index contributed by atoms with van der Waals surface area (Å²) in [5, 5.41) is 8.43. The first-order valence-corrected chi connectivity index (χ1v) is 9.30. The van der Waals surface area contributed by atoms with E-state index in [1.54, 1.807) is 24.3 Å². The first-order valence-electron chi connectivity index (χ1n) is 9.30. The lowest BCUT2D eigenvalue weighted by atomic mass is 10.1. The molecule has 0 spiro atoms. The molecule has 0 bridgehead atoms. The van der Waals surface area contributed by atoms with Crippen LogP contribution in [0.1, 0.15) is 43.0 Å². The summed E-state index contributed by atoms with van der Waals surface area (Å²) in [4.78, 5) is 39.1. The number of anilines is 1. The molecule has 2 aliphatic rings. The Balaban J connectivity index is 1.49. The van der Waals surface area contributed by atoms with Gasteiger partial charge >= 0.3 is 0 Å². The summed E-state index contributed by atoms with van der Waals surface area (Å²) in [6, 6.07) is 6.58. The minimum atomic E-state index is -0.709. The number of amides is 3. The molecule has 2 heterocycles. The Morgan fingerprint density at radius 2 is 2.12 bits per heavy atom. The van der Waals surface area contributed by atoms with Crippen molar-refractivity contribution in [3.63, 3.8) is 0 Å². The van der Waals surface area contributed by atoms with E-state index in [9.17, 15) is 14.4 Å². The fourth-order valence-electron chi connectivity index (χ4n) is 3.65. The van der Waals surface area contributed by atoms with Crippen LogP contribution in [0.5, 0.6) is 0 Å². The predicted molar refractivity (Wildman–Crippen MR) is 98.8 cm³/mol. The van der Waals surface area contributed by atoms with Gasteiger partial charge in [-0.15, -0.1) is 0 Å². The number of likely N-dealkylation sites (tertiary alicyclic amines) is 1. The Morgan fingerprint density at radius 3 is 2.92 bits per heavy atom. The van der Waals surface area contributed by atoms with Gasteiger partial charge in [0.2, 0.25) is 11.8 Å². The van der Waals surface area contributed by atoms with Gasteiger partial charge in [-0.25, -0.2) is 0 Å². The lowest BCUT2D eigenvalue weighted by molar-refractivity contribution is -0.122. The molecule has 3 amide bonds. The van der Waals surface area contributed by atoms with Crippen LogP contribution in [0, 0.1) is 0 Å². The van der Waals surface area contributed by atoms with E-state index in [1.165, 1.54) is 6.42 Å². The third-order valence-electron chi connectivity index (χ3n) is 5.15. The van der Waals surface area contributed by atoms with Gasteiger partial charge in [0.25, 0.3) is 5.91 Å². The minimum absolute atomic E-state index is 0.0863. The number of carbonyl (C=O) groups excluding carboxylic acids is 3. The molecule has 0 unspecified atom stereocenters. The average Bonchev–Trinajstić information content (AvgIpc) is 3.06. The molecule has 1 saturated heterocycles. The van der Waals surface area contributed by atoms with Crippen LogP contribution < -0.4 is 16.0 Å². The number of hydrogen-bond donors (Lipinski definition) is 3. The van der Waals surface area contributed by atoms with Crippen molar-refractivity contribution in [1.82, 2.24) is 15.5 Å². The zero-order chi connectivity index (χ0) is 18.5. The number of nitrogens with zero attached hydrogens (tertiary/aromatic N) is 1. The van der Waals surface area contributed by atoms with Crippen molar-refractivity contribution in [2.75, 3.05) is 25.0 Å². The number of fused-ring (bicyclic) bond motifs is 1. The Labute approximate surface area is 153 Å². The summed E-state index contributed by atoms with van der Waals surface area (Å²) in [5.74, 6) is -0.672. The van der Waals surface area contributed by atoms with E-state index < -0.39 is 6.04 Å². The van der Waals surface area contributed by atoms with E-state index in [0.29, 0.717) is 23.8 Å². The first-order chi connectivity index (χ1) is 12.6. The number of benzene rings is 1. The number of carbonyl (C=O) groups is 3. The molecular formula is C19H26N4O3. The monoisotopic (exact) mass is 358 g/mol. The van der Waals surface area contributed by atoms with Crippen LogP contribution in [-0.4, -0.2) is 54.3 Å². The van der Waals surface area contributed by atoms with Gasteiger partial charge in [-0.1, -0.05) is 19.1 Å². The summed E-state index contributed by atoms with van der Waals surface area (Å²) in [6.07, 6.45) is 2.75. The molecule has 2 atom stereocenters. The third-order valence-corrected chi connectivity index (χ3v) is 5.15. The smallest absolute Gasteiger partial charge is 0.254 e. The van der Waals surface area contributed by atoms with Crippen molar-refractivity contribution in [2.45, 2.75) is 44.7 Å². The number of hydrogen-bond acceptors (Lipinski definition) is 4. The highest BCUT2D eigenvalue weighted by Gasteiger charge is 2.28. The molecule has 0 aliphatic carbocycles. The van der Waals surface area contributed by atoms with Crippen LogP contribution in [0.3, 0.4) is 0 Å². The van der Waals surface area contributed by atoms with Crippen LogP contribution in [-0.2, 0) is 9.59 Å². The van der Waals surface area contributed by atoms with Gasteiger partial charge in [-0.3, -0.25) is 19.3 Å². The van der Waals surface area contributed by atoms with Gasteiger partial charge in [0, 0.05) is 19.0 Å². The van der Waals surface area contributed by atoms with E-state index in [4.69, 9.17) is 0 Å². The maximum Gasteiger partial charge on any atom is 0.254 e. The van der Waals surface area contributed by atoms with E-state index in [-0.39, 0.29) is 30.6 Å². The van der Waals surface area contributed by atoms with Gasteiger partial charge in [0.15, 0.2) is 0 Å². The molecule has 1 aromatic rings. The van der Waals surface area contributed by atoms with Crippen LogP contribution in [0.15, 0.2) is 24.3 Å². The van der Waals surface area contributed by atoms with Crippen LogP contribution in [0.25, 0.3) is 0 Å². The van der Waals surface area contributed by atoms with Gasteiger partial charge in [-0.05, 0) is 44.5 Å². The molecule has 1 aromatic carbocycles. The van der Waals surface area contributed by atoms with Crippen LogP contribution in [0.2, 0.25) is 0 Å².